The maximum Gasteiger partial charge on any atom is 0.320 e. The van der Waals surface area contributed by atoms with Gasteiger partial charge in [0.1, 0.15) is 18.0 Å². The van der Waals surface area contributed by atoms with E-state index in [0.29, 0.717) is 13.2 Å². The Kier molecular flexibility index (Phi) is 8.76. The predicted molar refractivity (Wildman–Crippen MR) is 122 cm³/mol. The molecule has 4 heteroatoms. The van der Waals surface area contributed by atoms with Gasteiger partial charge in [0.05, 0.1) is 6.54 Å². The van der Waals surface area contributed by atoms with Crippen molar-refractivity contribution in [3.8, 4) is 5.75 Å². The monoisotopic (exact) mass is 405 g/mol. The summed E-state index contributed by atoms with van der Waals surface area (Å²) in [6.07, 6.45) is 2.13. The Balaban J connectivity index is 2.84. The van der Waals surface area contributed by atoms with Crippen LogP contribution in [0.5, 0.6) is 5.75 Å². The number of carbonyl (C=O) groups is 1. The maximum absolute atomic E-state index is 12.0. The number of benzene rings is 1. The number of hydrogen-bond acceptors (Lipinski definition) is 4. The van der Waals surface area contributed by atoms with Gasteiger partial charge in [-0.15, -0.1) is 0 Å². The van der Waals surface area contributed by atoms with Crippen LogP contribution in [-0.4, -0.2) is 43.2 Å². The third-order valence-corrected chi connectivity index (χ3v) is 5.81. The minimum Gasteiger partial charge on any atom is -0.492 e. The molecule has 0 N–H and O–H groups in total. The molecule has 0 amide bonds. The van der Waals surface area contributed by atoms with E-state index in [-0.39, 0.29) is 23.3 Å². The summed E-state index contributed by atoms with van der Waals surface area (Å²) in [5.41, 5.74) is 2.34. The molecule has 0 saturated heterocycles. The lowest BCUT2D eigenvalue weighted by atomic mass is 9.76. The van der Waals surface area contributed by atoms with Crippen molar-refractivity contribution in [3.63, 3.8) is 0 Å². The van der Waals surface area contributed by atoms with Crippen LogP contribution < -0.4 is 4.74 Å². The molecule has 166 valence electrons. The van der Waals surface area contributed by atoms with E-state index < -0.39 is 5.60 Å². The van der Waals surface area contributed by atoms with E-state index in [4.69, 9.17) is 9.47 Å². The highest BCUT2D eigenvalue weighted by Gasteiger charge is 2.26. The fourth-order valence-electron chi connectivity index (χ4n) is 2.98. The second-order valence-corrected chi connectivity index (χ2v) is 10.4. The predicted octanol–water partition coefficient (Wildman–Crippen LogP) is 5.71. The van der Waals surface area contributed by atoms with Crippen LogP contribution in [0.15, 0.2) is 18.2 Å². The lowest BCUT2D eigenvalue weighted by molar-refractivity contribution is -0.155. The fourth-order valence-corrected chi connectivity index (χ4v) is 2.98. The summed E-state index contributed by atoms with van der Waals surface area (Å²) in [6, 6.07) is 6.64. The third-order valence-electron chi connectivity index (χ3n) is 5.81. The summed E-state index contributed by atoms with van der Waals surface area (Å²) in [5, 5.41) is 0. The molecule has 1 aromatic carbocycles. The Morgan fingerprint density at radius 1 is 0.966 bits per heavy atom. The highest BCUT2D eigenvalue weighted by Crippen LogP contribution is 2.38. The first kappa shape index (κ1) is 25.5. The molecule has 0 aromatic heterocycles. The van der Waals surface area contributed by atoms with Crippen molar-refractivity contribution in [2.45, 2.75) is 91.6 Å². The molecule has 29 heavy (non-hydrogen) atoms. The van der Waals surface area contributed by atoms with Crippen molar-refractivity contribution in [3.05, 3.63) is 29.3 Å². The fraction of sp³-hybridized carbons (Fsp3) is 0.720. The topological polar surface area (TPSA) is 38.8 Å². The van der Waals surface area contributed by atoms with E-state index >= 15 is 0 Å². The summed E-state index contributed by atoms with van der Waals surface area (Å²) in [4.78, 5) is 13.9. The van der Waals surface area contributed by atoms with Crippen LogP contribution in [0.1, 0.15) is 86.3 Å². The van der Waals surface area contributed by atoms with Crippen LogP contribution in [0.4, 0.5) is 0 Å². The van der Waals surface area contributed by atoms with Gasteiger partial charge in [0.2, 0.25) is 0 Å². The molecule has 0 aliphatic heterocycles. The van der Waals surface area contributed by atoms with Gasteiger partial charge in [-0.25, -0.2) is 0 Å². The Morgan fingerprint density at radius 2 is 1.55 bits per heavy atom. The molecule has 1 rings (SSSR count). The van der Waals surface area contributed by atoms with Gasteiger partial charge in [-0.2, -0.15) is 0 Å². The number of likely N-dealkylation sites (N-methyl/N-ethyl adjacent to an activating group) is 1. The molecule has 0 aliphatic rings. The Bertz CT molecular complexity index is 671. The molecule has 0 saturated carbocycles. The van der Waals surface area contributed by atoms with Gasteiger partial charge >= 0.3 is 5.97 Å². The van der Waals surface area contributed by atoms with Crippen molar-refractivity contribution < 1.29 is 14.3 Å². The molecule has 0 aliphatic carbocycles. The minimum atomic E-state index is -0.455. The SMILES string of the molecule is CCC(C)(C)c1ccc(OCCN(C)CC(=O)OC(C)(C)C)c(C(C)(C)CC)c1. The van der Waals surface area contributed by atoms with Crippen molar-refractivity contribution >= 4 is 5.97 Å². The van der Waals surface area contributed by atoms with Gasteiger partial charge < -0.3 is 9.47 Å². The summed E-state index contributed by atoms with van der Waals surface area (Å²) in [5.74, 6) is 0.733. The number of hydrogen-bond donors (Lipinski definition) is 0. The van der Waals surface area contributed by atoms with E-state index in [9.17, 15) is 4.79 Å². The normalized spacial score (nSPS) is 12.9. The molecular weight excluding hydrogens is 362 g/mol. The van der Waals surface area contributed by atoms with E-state index in [0.717, 1.165) is 18.6 Å². The molecule has 0 radical (unpaired) electrons. The lowest BCUT2D eigenvalue weighted by Gasteiger charge is -2.30. The molecule has 0 bridgehead atoms. The lowest BCUT2D eigenvalue weighted by Crippen LogP contribution is -2.34. The van der Waals surface area contributed by atoms with Crippen molar-refractivity contribution in [2.75, 3.05) is 26.7 Å². The number of carbonyl (C=O) groups excluding carboxylic acids is 1. The van der Waals surface area contributed by atoms with Gasteiger partial charge in [-0.05, 0) is 63.1 Å². The van der Waals surface area contributed by atoms with Gasteiger partial charge in [0.25, 0.3) is 0 Å². The molecule has 0 spiro atoms. The van der Waals surface area contributed by atoms with Crippen LogP contribution in [0.25, 0.3) is 0 Å². The van der Waals surface area contributed by atoms with Crippen LogP contribution in [0.3, 0.4) is 0 Å². The van der Waals surface area contributed by atoms with Crippen LogP contribution in [0.2, 0.25) is 0 Å². The summed E-state index contributed by atoms with van der Waals surface area (Å²) >= 11 is 0. The maximum atomic E-state index is 12.0. The summed E-state index contributed by atoms with van der Waals surface area (Å²) < 4.78 is 11.6. The number of esters is 1. The minimum absolute atomic E-state index is 0.0393. The second-order valence-electron chi connectivity index (χ2n) is 10.4. The van der Waals surface area contributed by atoms with Crippen LogP contribution in [0, 0.1) is 0 Å². The Morgan fingerprint density at radius 3 is 2.07 bits per heavy atom. The Labute approximate surface area is 179 Å². The number of ether oxygens (including phenoxy) is 2. The molecule has 0 heterocycles. The first-order valence-corrected chi connectivity index (χ1v) is 10.9. The first-order chi connectivity index (χ1) is 13.2. The van der Waals surface area contributed by atoms with Gasteiger partial charge in [0.15, 0.2) is 0 Å². The standard InChI is InChI=1S/C25H43NO3/c1-11-24(6,7)19-13-14-21(20(17-19)25(8,9)12-2)28-16-15-26(10)18-22(27)29-23(3,4)5/h13-14,17H,11-12,15-16,18H2,1-10H3. The first-order valence-electron chi connectivity index (χ1n) is 10.9. The van der Waals surface area contributed by atoms with Crippen molar-refractivity contribution in [2.24, 2.45) is 0 Å². The van der Waals surface area contributed by atoms with Crippen molar-refractivity contribution in [1.82, 2.24) is 4.90 Å². The average Bonchev–Trinajstić information content (AvgIpc) is 2.59. The highest BCUT2D eigenvalue weighted by atomic mass is 16.6. The summed E-state index contributed by atoms with van der Waals surface area (Å²) in [7, 11) is 1.91. The second kappa shape index (κ2) is 9.97. The van der Waals surface area contributed by atoms with Gasteiger partial charge in [-0.1, -0.05) is 53.7 Å². The van der Waals surface area contributed by atoms with E-state index in [1.54, 1.807) is 0 Å². The van der Waals surface area contributed by atoms with E-state index in [1.807, 2.05) is 32.7 Å². The van der Waals surface area contributed by atoms with Crippen LogP contribution >= 0.6 is 0 Å². The smallest absolute Gasteiger partial charge is 0.320 e. The third kappa shape index (κ3) is 8.00. The van der Waals surface area contributed by atoms with Gasteiger partial charge in [-0.3, -0.25) is 9.69 Å². The number of nitrogens with zero attached hydrogens (tertiary/aromatic N) is 1. The zero-order valence-electron chi connectivity index (χ0n) is 20.4. The average molecular weight is 406 g/mol. The molecule has 0 unspecified atom stereocenters. The van der Waals surface area contributed by atoms with Crippen molar-refractivity contribution in [1.29, 1.82) is 0 Å². The van der Waals surface area contributed by atoms with E-state index in [2.05, 4.69) is 59.7 Å². The molecular formula is C25H43NO3. The zero-order chi connectivity index (χ0) is 22.5. The molecule has 4 nitrogen and oxygen atoms in total. The summed E-state index contributed by atoms with van der Waals surface area (Å²) in [6.45, 7) is 20.7. The quantitative estimate of drug-likeness (QED) is 0.467. The van der Waals surface area contributed by atoms with Gasteiger partial charge in [0, 0.05) is 12.1 Å². The van der Waals surface area contributed by atoms with E-state index in [1.165, 1.54) is 11.1 Å². The molecule has 1 aromatic rings. The molecule has 0 atom stereocenters. The Hall–Kier alpha value is -1.55. The highest BCUT2D eigenvalue weighted by molar-refractivity contribution is 5.72. The number of rotatable bonds is 10. The largest absolute Gasteiger partial charge is 0.492 e. The molecule has 0 fully saturated rings. The van der Waals surface area contributed by atoms with Crippen LogP contribution in [-0.2, 0) is 20.4 Å². The zero-order valence-corrected chi connectivity index (χ0v) is 20.4.